The predicted molar refractivity (Wildman–Crippen MR) is 36.9 cm³/mol. The predicted octanol–water partition coefficient (Wildman–Crippen LogP) is -1.34. The number of hydrogen-bond donors (Lipinski definition) is 2. The van der Waals surface area contributed by atoms with Crippen molar-refractivity contribution in [2.75, 3.05) is 6.54 Å². The van der Waals surface area contributed by atoms with E-state index in [-0.39, 0.29) is 0 Å². The van der Waals surface area contributed by atoms with Gasteiger partial charge in [0.25, 0.3) is 0 Å². The molecule has 0 aliphatic rings. The normalized spacial score (nSPS) is 9.75. The number of nitrogens with two attached hydrogens (primary N) is 1. The second-order valence-electron chi connectivity index (χ2n) is 1.67. The number of carboxylic acid groups (broad SMARTS) is 1. The first-order valence-electron chi connectivity index (χ1n) is 2.92. The van der Waals surface area contributed by atoms with Crippen LogP contribution < -0.4 is 5.73 Å². The van der Waals surface area contributed by atoms with Crippen molar-refractivity contribution in [1.82, 2.24) is 0 Å². The highest BCUT2D eigenvalue weighted by Gasteiger charge is 2.04. The molecule has 0 aliphatic heterocycles. The van der Waals surface area contributed by atoms with E-state index in [9.17, 15) is 14.4 Å². The van der Waals surface area contributed by atoms with Crippen LogP contribution in [0.25, 0.3) is 0 Å². The molecule has 0 spiro atoms. The SMILES string of the molecule is NCC(=O)OC(=O)/C=C\C(=O)O. The minimum atomic E-state index is -1.30. The lowest BCUT2D eigenvalue weighted by atomic mass is 10.5. The van der Waals surface area contributed by atoms with Gasteiger partial charge in [-0.25, -0.2) is 9.59 Å². The van der Waals surface area contributed by atoms with Crippen LogP contribution in [0.1, 0.15) is 0 Å². The fraction of sp³-hybridized carbons (Fsp3) is 0.167. The molecular formula is C6H7NO5. The molecule has 0 atom stereocenters. The van der Waals surface area contributed by atoms with Gasteiger partial charge in [0.15, 0.2) is 0 Å². The highest BCUT2D eigenvalue weighted by Crippen LogP contribution is 1.82. The summed E-state index contributed by atoms with van der Waals surface area (Å²) in [6.07, 6.45) is 1.18. The Morgan fingerprint density at radius 2 is 1.92 bits per heavy atom. The van der Waals surface area contributed by atoms with Gasteiger partial charge < -0.3 is 15.6 Å². The summed E-state index contributed by atoms with van der Waals surface area (Å²) in [4.78, 5) is 30.6. The number of carboxylic acids is 1. The van der Waals surface area contributed by atoms with E-state index in [4.69, 9.17) is 10.8 Å². The van der Waals surface area contributed by atoms with Gasteiger partial charge in [0.05, 0.1) is 6.54 Å². The van der Waals surface area contributed by atoms with Crippen molar-refractivity contribution < 1.29 is 24.2 Å². The Bertz CT molecular complexity index is 232. The summed E-state index contributed by atoms with van der Waals surface area (Å²) in [6.45, 7) is -0.424. The number of rotatable bonds is 3. The molecule has 6 heteroatoms. The van der Waals surface area contributed by atoms with Crippen LogP contribution in [-0.2, 0) is 19.1 Å². The van der Waals surface area contributed by atoms with Crippen molar-refractivity contribution in [3.05, 3.63) is 12.2 Å². The third kappa shape index (κ3) is 5.12. The second-order valence-corrected chi connectivity index (χ2v) is 1.67. The highest BCUT2D eigenvalue weighted by molar-refractivity contribution is 5.96. The van der Waals surface area contributed by atoms with Crippen molar-refractivity contribution in [3.63, 3.8) is 0 Å². The number of carbonyl (C=O) groups excluding carboxylic acids is 2. The van der Waals surface area contributed by atoms with Crippen molar-refractivity contribution in [3.8, 4) is 0 Å². The molecule has 0 rings (SSSR count). The zero-order valence-corrected chi connectivity index (χ0v) is 6.02. The third-order valence-corrected chi connectivity index (χ3v) is 0.743. The van der Waals surface area contributed by atoms with Gasteiger partial charge in [-0.1, -0.05) is 0 Å². The van der Waals surface area contributed by atoms with Crippen LogP contribution >= 0.6 is 0 Å². The Kier molecular flexibility index (Phi) is 4.32. The third-order valence-electron chi connectivity index (χ3n) is 0.743. The average Bonchev–Trinajstić information content (AvgIpc) is 2.00. The molecule has 66 valence electrons. The average molecular weight is 173 g/mol. The molecule has 0 aliphatic carbocycles. The van der Waals surface area contributed by atoms with Crippen molar-refractivity contribution >= 4 is 17.9 Å². The molecule has 0 unspecified atom stereocenters. The van der Waals surface area contributed by atoms with Crippen LogP contribution in [0.3, 0.4) is 0 Å². The zero-order valence-electron chi connectivity index (χ0n) is 6.02. The standard InChI is InChI=1S/C6H7NO5/c7-3-6(11)12-5(10)2-1-4(8)9/h1-2H,3,7H2,(H,8,9)/b2-1-. The van der Waals surface area contributed by atoms with E-state index in [1.54, 1.807) is 0 Å². The van der Waals surface area contributed by atoms with Crippen LogP contribution in [0.4, 0.5) is 0 Å². The molecule has 0 heterocycles. The van der Waals surface area contributed by atoms with Crippen LogP contribution in [0.2, 0.25) is 0 Å². The first kappa shape index (κ1) is 10.3. The largest absolute Gasteiger partial charge is 0.478 e. The van der Waals surface area contributed by atoms with Crippen LogP contribution in [-0.4, -0.2) is 29.6 Å². The molecule has 0 saturated carbocycles. The Labute approximate surface area is 67.6 Å². The van der Waals surface area contributed by atoms with Gasteiger partial charge in [0, 0.05) is 12.2 Å². The lowest BCUT2D eigenvalue weighted by molar-refractivity contribution is -0.155. The summed E-state index contributed by atoms with van der Waals surface area (Å²) in [5.41, 5.74) is 4.81. The molecule has 6 nitrogen and oxygen atoms in total. The van der Waals surface area contributed by atoms with Gasteiger partial charge in [-0.15, -0.1) is 0 Å². The van der Waals surface area contributed by atoms with E-state index in [1.165, 1.54) is 0 Å². The highest BCUT2D eigenvalue weighted by atomic mass is 16.6. The fourth-order valence-corrected chi connectivity index (χ4v) is 0.327. The van der Waals surface area contributed by atoms with Gasteiger partial charge in [0.1, 0.15) is 0 Å². The van der Waals surface area contributed by atoms with E-state index < -0.39 is 24.5 Å². The maximum absolute atomic E-state index is 10.5. The van der Waals surface area contributed by atoms with E-state index in [1.807, 2.05) is 0 Å². The summed E-state index contributed by atoms with van der Waals surface area (Å²) < 4.78 is 4.00. The quantitative estimate of drug-likeness (QED) is 0.310. The van der Waals surface area contributed by atoms with Crippen molar-refractivity contribution in [1.29, 1.82) is 0 Å². The Balaban J connectivity index is 3.90. The summed E-state index contributed by atoms with van der Waals surface area (Å²) >= 11 is 0. The minimum absolute atomic E-state index is 0.424. The van der Waals surface area contributed by atoms with Crippen LogP contribution in [0, 0.1) is 0 Å². The van der Waals surface area contributed by atoms with Crippen molar-refractivity contribution in [2.24, 2.45) is 5.73 Å². The van der Waals surface area contributed by atoms with Gasteiger partial charge in [0.2, 0.25) is 0 Å². The molecule has 3 N–H and O–H groups in total. The van der Waals surface area contributed by atoms with Gasteiger partial charge in [-0.3, -0.25) is 4.79 Å². The Morgan fingerprint density at radius 1 is 1.33 bits per heavy atom. The lowest BCUT2D eigenvalue weighted by Crippen LogP contribution is -2.19. The van der Waals surface area contributed by atoms with E-state index in [0.717, 1.165) is 0 Å². The minimum Gasteiger partial charge on any atom is -0.478 e. The topological polar surface area (TPSA) is 107 Å². The number of aliphatic carboxylic acids is 1. The first-order valence-corrected chi connectivity index (χ1v) is 2.92. The molecule has 0 aromatic heterocycles. The molecule has 0 radical (unpaired) electrons. The monoisotopic (exact) mass is 173 g/mol. The summed E-state index contributed by atoms with van der Waals surface area (Å²) in [5, 5.41) is 8.05. The molecule has 0 saturated heterocycles. The molecule has 0 fully saturated rings. The smallest absolute Gasteiger partial charge is 0.338 e. The lowest BCUT2D eigenvalue weighted by Gasteiger charge is -1.93. The zero-order chi connectivity index (χ0) is 9.56. The molecule has 12 heavy (non-hydrogen) atoms. The summed E-state index contributed by atoms with van der Waals surface area (Å²) in [6, 6.07) is 0. The number of ether oxygens (including phenoxy) is 1. The van der Waals surface area contributed by atoms with Gasteiger partial charge in [-0.05, 0) is 0 Å². The molecule has 0 amide bonds. The molecule has 0 aromatic carbocycles. The van der Waals surface area contributed by atoms with Crippen molar-refractivity contribution in [2.45, 2.75) is 0 Å². The van der Waals surface area contributed by atoms with Crippen LogP contribution in [0.15, 0.2) is 12.2 Å². The number of esters is 2. The maximum Gasteiger partial charge on any atom is 0.338 e. The fourth-order valence-electron chi connectivity index (χ4n) is 0.327. The summed E-state index contributed by atoms with van der Waals surface area (Å²) in [7, 11) is 0. The molecule has 0 aromatic rings. The van der Waals surface area contributed by atoms with E-state index >= 15 is 0 Å². The van der Waals surface area contributed by atoms with Gasteiger partial charge >= 0.3 is 17.9 Å². The number of hydrogen-bond acceptors (Lipinski definition) is 5. The summed E-state index contributed by atoms with van der Waals surface area (Å²) in [5.74, 6) is -3.25. The Morgan fingerprint density at radius 3 is 2.33 bits per heavy atom. The Hall–Kier alpha value is -1.69. The number of carbonyl (C=O) groups is 3. The second kappa shape index (κ2) is 5.03. The molecule has 0 bridgehead atoms. The maximum atomic E-state index is 10.5. The van der Waals surface area contributed by atoms with E-state index in [2.05, 4.69) is 4.74 Å². The first-order chi connectivity index (χ1) is 5.56. The van der Waals surface area contributed by atoms with Gasteiger partial charge in [-0.2, -0.15) is 0 Å². The van der Waals surface area contributed by atoms with Crippen LogP contribution in [0.5, 0.6) is 0 Å². The van der Waals surface area contributed by atoms with E-state index in [0.29, 0.717) is 12.2 Å². The molecular weight excluding hydrogens is 166 g/mol.